The lowest BCUT2D eigenvalue weighted by atomic mass is 9.97. The first-order chi connectivity index (χ1) is 28.2. The summed E-state index contributed by atoms with van der Waals surface area (Å²) in [6.45, 7) is 0. The lowest BCUT2D eigenvalue weighted by molar-refractivity contribution is 1.08. The molecule has 0 spiro atoms. The van der Waals surface area contributed by atoms with E-state index in [1.165, 1.54) is 87.4 Å². The van der Waals surface area contributed by atoms with Gasteiger partial charge in [-0.3, -0.25) is 0 Å². The SMILES string of the molecule is c1ccc2c(c1)cc(-c1nc(-c3cc4sc5ccccc5c4c4ccccc34)nc(-c3cc4ccccc4c4sc5ccccc5c34)n1)c1c3ccccc3sc21. The smallest absolute Gasteiger partial charge is 0.164 e. The third-order valence-corrected chi connectivity index (χ3v) is 15.0. The van der Waals surface area contributed by atoms with Crippen molar-refractivity contribution in [3.63, 3.8) is 0 Å². The van der Waals surface area contributed by atoms with E-state index in [1.54, 1.807) is 0 Å². The maximum atomic E-state index is 5.55. The molecule has 13 aromatic rings. The lowest BCUT2D eigenvalue weighted by Crippen LogP contribution is -2.01. The number of hydrogen-bond donors (Lipinski definition) is 0. The molecule has 4 heterocycles. The number of thiophene rings is 3. The van der Waals surface area contributed by atoms with Gasteiger partial charge in [-0.1, -0.05) is 127 Å². The minimum Gasteiger partial charge on any atom is -0.208 e. The molecule has 0 unspecified atom stereocenters. The first-order valence-electron chi connectivity index (χ1n) is 19.0. The normalized spacial score (nSPS) is 12.2. The second-order valence-electron chi connectivity index (χ2n) is 14.6. The van der Waals surface area contributed by atoms with E-state index in [9.17, 15) is 0 Å². The zero-order valence-corrected chi connectivity index (χ0v) is 32.6. The fraction of sp³-hybridized carbons (Fsp3) is 0. The van der Waals surface area contributed by atoms with E-state index in [0.29, 0.717) is 17.5 Å². The second-order valence-corrected chi connectivity index (χ2v) is 17.8. The number of nitrogens with zero attached hydrogens (tertiary/aromatic N) is 3. The molecule has 3 nitrogen and oxygen atoms in total. The van der Waals surface area contributed by atoms with Crippen LogP contribution >= 0.6 is 34.0 Å². The predicted molar refractivity (Wildman–Crippen MR) is 247 cm³/mol. The Morgan fingerprint density at radius 3 is 1.19 bits per heavy atom. The molecule has 0 radical (unpaired) electrons. The Kier molecular flexibility index (Phi) is 6.64. The average molecular weight is 778 g/mol. The Morgan fingerprint density at radius 2 is 0.667 bits per heavy atom. The summed E-state index contributed by atoms with van der Waals surface area (Å²) in [6, 6.07) is 59.2. The van der Waals surface area contributed by atoms with Crippen molar-refractivity contribution in [3.05, 3.63) is 164 Å². The highest BCUT2D eigenvalue weighted by molar-refractivity contribution is 7.27. The summed E-state index contributed by atoms with van der Waals surface area (Å²) in [5.41, 5.74) is 3.05. The van der Waals surface area contributed by atoms with Gasteiger partial charge in [0, 0.05) is 77.2 Å². The number of fused-ring (bicyclic) bond motifs is 15. The molecule has 0 saturated heterocycles. The summed E-state index contributed by atoms with van der Waals surface area (Å²) in [4.78, 5) is 16.6. The van der Waals surface area contributed by atoms with Crippen LogP contribution in [0.1, 0.15) is 0 Å². The third kappa shape index (κ3) is 4.60. The molecule has 0 aliphatic rings. The van der Waals surface area contributed by atoms with Gasteiger partial charge in [-0.15, -0.1) is 34.0 Å². The van der Waals surface area contributed by atoms with Gasteiger partial charge in [0.2, 0.25) is 0 Å². The quantitative estimate of drug-likeness (QED) is 0.179. The highest BCUT2D eigenvalue weighted by Gasteiger charge is 2.23. The molecule has 0 fully saturated rings. The van der Waals surface area contributed by atoms with Gasteiger partial charge in [-0.25, -0.2) is 15.0 Å². The Balaban J connectivity index is 1.20. The van der Waals surface area contributed by atoms with E-state index in [-0.39, 0.29) is 0 Å². The van der Waals surface area contributed by atoms with Gasteiger partial charge in [-0.05, 0) is 68.7 Å². The second kappa shape index (κ2) is 12.0. The van der Waals surface area contributed by atoms with Crippen LogP contribution < -0.4 is 0 Å². The number of benzene rings is 9. The van der Waals surface area contributed by atoms with Crippen molar-refractivity contribution in [1.29, 1.82) is 0 Å². The van der Waals surface area contributed by atoms with Crippen molar-refractivity contribution >= 4 is 127 Å². The Bertz CT molecular complexity index is 3660. The summed E-state index contributed by atoms with van der Waals surface area (Å²) < 4.78 is 7.51. The van der Waals surface area contributed by atoms with Crippen molar-refractivity contribution < 1.29 is 0 Å². The third-order valence-electron chi connectivity index (χ3n) is 11.5. The summed E-state index contributed by atoms with van der Waals surface area (Å²) in [5.74, 6) is 2.03. The van der Waals surface area contributed by atoms with Crippen LogP contribution in [-0.4, -0.2) is 15.0 Å². The van der Waals surface area contributed by atoms with Crippen LogP contribution in [0.15, 0.2) is 164 Å². The topological polar surface area (TPSA) is 38.7 Å². The van der Waals surface area contributed by atoms with Crippen molar-refractivity contribution in [2.24, 2.45) is 0 Å². The maximum absolute atomic E-state index is 5.55. The van der Waals surface area contributed by atoms with Gasteiger partial charge >= 0.3 is 0 Å². The summed E-state index contributed by atoms with van der Waals surface area (Å²) in [6.07, 6.45) is 0. The maximum Gasteiger partial charge on any atom is 0.164 e. The molecular weight excluding hydrogens is 751 g/mol. The van der Waals surface area contributed by atoms with E-state index in [0.717, 1.165) is 22.1 Å². The van der Waals surface area contributed by atoms with E-state index in [4.69, 9.17) is 15.0 Å². The molecule has 0 atom stereocenters. The fourth-order valence-corrected chi connectivity index (χ4v) is 12.7. The molecule has 0 saturated carbocycles. The van der Waals surface area contributed by atoms with Gasteiger partial charge in [0.15, 0.2) is 17.5 Å². The molecule has 13 rings (SSSR count). The Morgan fingerprint density at radius 1 is 0.281 bits per heavy atom. The predicted octanol–water partition coefficient (Wildman–Crippen LogP) is 15.4. The Labute approximate surface area is 337 Å². The lowest BCUT2D eigenvalue weighted by Gasteiger charge is -2.14. The molecule has 0 aliphatic heterocycles. The van der Waals surface area contributed by atoms with Crippen molar-refractivity contribution in [2.75, 3.05) is 0 Å². The van der Waals surface area contributed by atoms with Crippen LogP contribution in [0.3, 0.4) is 0 Å². The molecule has 0 N–H and O–H groups in total. The molecule has 57 heavy (non-hydrogen) atoms. The van der Waals surface area contributed by atoms with E-state index < -0.39 is 0 Å². The van der Waals surface area contributed by atoms with Crippen LogP contribution in [-0.2, 0) is 0 Å². The molecular formula is C51H27N3S3. The average Bonchev–Trinajstić information content (AvgIpc) is 3.98. The van der Waals surface area contributed by atoms with Crippen LogP contribution in [0, 0.1) is 0 Å². The van der Waals surface area contributed by atoms with Gasteiger partial charge in [0.1, 0.15) is 0 Å². The van der Waals surface area contributed by atoms with Gasteiger partial charge in [-0.2, -0.15) is 0 Å². The van der Waals surface area contributed by atoms with Gasteiger partial charge in [0.25, 0.3) is 0 Å². The minimum atomic E-state index is 0.673. The molecule has 0 bridgehead atoms. The zero-order valence-electron chi connectivity index (χ0n) is 30.2. The van der Waals surface area contributed by atoms with Crippen LogP contribution in [0.4, 0.5) is 0 Å². The molecule has 0 amide bonds. The van der Waals surface area contributed by atoms with Crippen LogP contribution in [0.2, 0.25) is 0 Å². The first-order valence-corrected chi connectivity index (χ1v) is 21.5. The zero-order chi connectivity index (χ0) is 37.2. The number of rotatable bonds is 3. The largest absolute Gasteiger partial charge is 0.208 e. The van der Waals surface area contributed by atoms with Gasteiger partial charge < -0.3 is 0 Å². The fourth-order valence-electron chi connectivity index (χ4n) is 8.98. The number of aromatic nitrogens is 3. The molecule has 4 aromatic heterocycles. The molecule has 0 aliphatic carbocycles. The van der Waals surface area contributed by atoms with Crippen LogP contribution in [0.25, 0.3) is 127 Å². The molecule has 264 valence electrons. The monoisotopic (exact) mass is 777 g/mol. The van der Waals surface area contributed by atoms with Crippen molar-refractivity contribution in [3.8, 4) is 34.2 Å². The first kappa shape index (κ1) is 31.6. The van der Waals surface area contributed by atoms with E-state index in [1.807, 2.05) is 34.0 Å². The summed E-state index contributed by atoms with van der Waals surface area (Å²) in [7, 11) is 0. The Hall–Kier alpha value is -6.57. The van der Waals surface area contributed by atoms with Crippen molar-refractivity contribution in [1.82, 2.24) is 15.0 Å². The molecule has 9 aromatic carbocycles. The van der Waals surface area contributed by atoms with Crippen LogP contribution in [0.5, 0.6) is 0 Å². The standard InChI is InChI=1S/C51H27N3S3/c1-3-15-30-28(13-1)25-38(45-35-20-8-11-23-41(35)56-47(30)45)50-52-49(37-27-43-44(33-18-6-5-17-32(33)37)34-19-7-10-22-40(34)55-43)53-51(54-50)39-26-29-14-2-4-16-31(29)48-46(39)36-21-9-12-24-42(36)57-48/h1-27H. The van der Waals surface area contributed by atoms with E-state index >= 15 is 0 Å². The van der Waals surface area contributed by atoms with Gasteiger partial charge in [0.05, 0.1) is 0 Å². The number of hydrogen-bond acceptors (Lipinski definition) is 6. The highest BCUT2D eigenvalue weighted by Crippen LogP contribution is 2.47. The minimum absolute atomic E-state index is 0.673. The summed E-state index contributed by atoms with van der Waals surface area (Å²) in [5, 5.41) is 14.5. The summed E-state index contributed by atoms with van der Waals surface area (Å²) >= 11 is 5.52. The highest BCUT2D eigenvalue weighted by atomic mass is 32.1. The van der Waals surface area contributed by atoms with E-state index in [2.05, 4.69) is 164 Å². The molecule has 6 heteroatoms. The van der Waals surface area contributed by atoms with Crippen molar-refractivity contribution in [2.45, 2.75) is 0 Å².